The van der Waals surface area contributed by atoms with E-state index in [2.05, 4.69) is 10.3 Å². The molecule has 2 amide bonds. The fourth-order valence-corrected chi connectivity index (χ4v) is 4.02. The van der Waals surface area contributed by atoms with E-state index >= 15 is 0 Å². The molecule has 6 nitrogen and oxygen atoms in total. The number of nitrogens with zero attached hydrogens (tertiary/aromatic N) is 2. The topological polar surface area (TPSA) is 82.5 Å². The first-order valence-electron chi connectivity index (χ1n) is 11.5. The summed E-state index contributed by atoms with van der Waals surface area (Å²) in [6.45, 7) is 3.46. The van der Waals surface area contributed by atoms with Crippen LogP contribution in [0, 0.1) is 6.92 Å². The number of aromatic nitrogens is 1. The third kappa shape index (κ3) is 6.39. The SMILES string of the molecule is Cc1ccccc1-c1cc(NC(=O)CO)ncc1N(C)C(=O)C(C)(C)c1cc(C(F)(F)F)cc(C(F)(F)F)c1. The summed E-state index contributed by atoms with van der Waals surface area (Å²) in [5, 5.41) is 11.4. The van der Waals surface area contributed by atoms with Gasteiger partial charge in [-0.25, -0.2) is 4.98 Å². The van der Waals surface area contributed by atoms with Gasteiger partial charge in [0, 0.05) is 12.6 Å². The van der Waals surface area contributed by atoms with E-state index in [1.54, 1.807) is 31.2 Å². The van der Waals surface area contributed by atoms with Crippen LogP contribution in [0.2, 0.25) is 0 Å². The molecule has 12 heteroatoms. The van der Waals surface area contributed by atoms with E-state index in [9.17, 15) is 35.9 Å². The normalized spacial score (nSPS) is 12.3. The maximum absolute atomic E-state index is 13.7. The summed E-state index contributed by atoms with van der Waals surface area (Å²) >= 11 is 0. The fraction of sp³-hybridized carbons (Fsp3) is 0.296. The number of hydrogen-bond donors (Lipinski definition) is 2. The minimum absolute atomic E-state index is 0.00731. The van der Waals surface area contributed by atoms with Gasteiger partial charge in [0.15, 0.2) is 0 Å². The quantitative estimate of drug-likeness (QED) is 0.369. The molecule has 0 aliphatic rings. The van der Waals surface area contributed by atoms with E-state index in [1.165, 1.54) is 33.2 Å². The maximum Gasteiger partial charge on any atom is 0.416 e. The molecule has 2 N–H and O–H groups in total. The summed E-state index contributed by atoms with van der Waals surface area (Å²) in [7, 11) is 1.33. The Balaban J connectivity index is 2.15. The van der Waals surface area contributed by atoms with Gasteiger partial charge in [-0.3, -0.25) is 9.59 Å². The van der Waals surface area contributed by atoms with Gasteiger partial charge in [-0.15, -0.1) is 0 Å². The van der Waals surface area contributed by atoms with Crippen molar-refractivity contribution in [1.82, 2.24) is 4.98 Å². The molecule has 3 aromatic rings. The fourth-order valence-electron chi connectivity index (χ4n) is 4.02. The zero-order valence-electron chi connectivity index (χ0n) is 21.3. The number of nitrogens with one attached hydrogen (secondary N) is 1. The zero-order valence-corrected chi connectivity index (χ0v) is 21.3. The van der Waals surface area contributed by atoms with Crippen LogP contribution in [0.25, 0.3) is 11.1 Å². The number of amides is 2. The molecule has 0 saturated carbocycles. The number of halogens is 6. The van der Waals surface area contributed by atoms with Crippen LogP contribution < -0.4 is 10.2 Å². The van der Waals surface area contributed by atoms with Crippen molar-refractivity contribution in [3.8, 4) is 11.1 Å². The predicted molar refractivity (Wildman–Crippen MR) is 133 cm³/mol. The van der Waals surface area contributed by atoms with Crippen molar-refractivity contribution in [2.45, 2.75) is 38.5 Å². The van der Waals surface area contributed by atoms with Crippen LogP contribution in [0.4, 0.5) is 37.8 Å². The molecular weight excluding hydrogens is 528 g/mol. The molecule has 1 aromatic heterocycles. The number of pyridine rings is 1. The second kappa shape index (κ2) is 10.7. The molecule has 0 fully saturated rings. The van der Waals surface area contributed by atoms with E-state index in [0.29, 0.717) is 23.3 Å². The van der Waals surface area contributed by atoms with Crippen molar-refractivity contribution in [2.24, 2.45) is 0 Å². The number of aliphatic hydroxyl groups is 1. The van der Waals surface area contributed by atoms with Gasteiger partial charge in [0.1, 0.15) is 12.4 Å². The van der Waals surface area contributed by atoms with E-state index in [0.717, 1.165) is 10.5 Å². The third-order valence-electron chi connectivity index (χ3n) is 6.24. The van der Waals surface area contributed by atoms with Crippen LogP contribution in [-0.4, -0.2) is 35.6 Å². The Bertz CT molecular complexity index is 1370. The molecule has 3 rings (SSSR count). The summed E-state index contributed by atoms with van der Waals surface area (Å²) < 4.78 is 80.8. The highest BCUT2D eigenvalue weighted by atomic mass is 19.4. The third-order valence-corrected chi connectivity index (χ3v) is 6.24. The summed E-state index contributed by atoms with van der Waals surface area (Å²) in [5.41, 5.74) is -3.36. The van der Waals surface area contributed by atoms with Gasteiger partial charge in [-0.2, -0.15) is 26.3 Å². The Labute approximate surface area is 220 Å². The summed E-state index contributed by atoms with van der Waals surface area (Å²) in [4.78, 5) is 30.6. The van der Waals surface area contributed by atoms with Crippen LogP contribution in [-0.2, 0) is 27.4 Å². The van der Waals surface area contributed by atoms with Crippen molar-refractivity contribution >= 4 is 23.3 Å². The number of carbonyl (C=O) groups is 2. The Hall–Kier alpha value is -3.93. The highest BCUT2D eigenvalue weighted by molar-refractivity contribution is 6.03. The second-order valence-electron chi connectivity index (χ2n) is 9.39. The van der Waals surface area contributed by atoms with Gasteiger partial charge in [0.25, 0.3) is 5.91 Å². The van der Waals surface area contributed by atoms with Crippen LogP contribution in [0.5, 0.6) is 0 Å². The lowest BCUT2D eigenvalue weighted by molar-refractivity contribution is -0.143. The molecule has 0 saturated heterocycles. The van der Waals surface area contributed by atoms with Crippen molar-refractivity contribution < 1.29 is 41.0 Å². The number of anilines is 2. The first-order valence-corrected chi connectivity index (χ1v) is 11.5. The van der Waals surface area contributed by atoms with Gasteiger partial charge < -0.3 is 15.3 Å². The smallest absolute Gasteiger partial charge is 0.387 e. The number of carbonyl (C=O) groups excluding carboxylic acids is 2. The molecule has 0 unspecified atom stereocenters. The molecule has 208 valence electrons. The van der Waals surface area contributed by atoms with E-state index in [-0.39, 0.29) is 17.6 Å². The molecule has 0 aliphatic heterocycles. The average Bonchev–Trinajstić information content (AvgIpc) is 2.86. The van der Waals surface area contributed by atoms with Crippen molar-refractivity contribution in [3.05, 3.63) is 77.0 Å². The highest BCUT2D eigenvalue weighted by Gasteiger charge is 2.41. The van der Waals surface area contributed by atoms with Crippen molar-refractivity contribution in [3.63, 3.8) is 0 Å². The Kier molecular flexibility index (Phi) is 8.11. The summed E-state index contributed by atoms with van der Waals surface area (Å²) in [6.07, 6.45) is -8.90. The van der Waals surface area contributed by atoms with Gasteiger partial charge >= 0.3 is 12.4 Å². The lowest BCUT2D eigenvalue weighted by Gasteiger charge is -2.32. The van der Waals surface area contributed by atoms with Gasteiger partial charge in [-0.05, 0) is 61.7 Å². The minimum Gasteiger partial charge on any atom is -0.387 e. The largest absolute Gasteiger partial charge is 0.416 e. The zero-order chi connectivity index (χ0) is 29.3. The number of likely N-dealkylation sites (N-methyl/N-ethyl adjacent to an activating group) is 1. The number of benzene rings is 2. The molecule has 0 bridgehead atoms. The summed E-state index contributed by atoms with van der Waals surface area (Å²) in [5.74, 6) is -1.48. The highest BCUT2D eigenvalue weighted by Crippen LogP contribution is 2.41. The number of aryl methyl sites for hydroxylation is 1. The maximum atomic E-state index is 13.7. The van der Waals surface area contributed by atoms with Crippen molar-refractivity contribution in [2.75, 3.05) is 23.9 Å². The number of rotatable bonds is 6. The number of aliphatic hydroxyl groups excluding tert-OH is 1. The van der Waals surface area contributed by atoms with Gasteiger partial charge in [-0.1, -0.05) is 24.3 Å². The number of hydrogen-bond acceptors (Lipinski definition) is 4. The van der Waals surface area contributed by atoms with E-state index < -0.39 is 52.9 Å². The van der Waals surface area contributed by atoms with Crippen LogP contribution in [0.3, 0.4) is 0 Å². The van der Waals surface area contributed by atoms with E-state index in [1.807, 2.05) is 0 Å². The van der Waals surface area contributed by atoms with Gasteiger partial charge in [0.05, 0.1) is 28.4 Å². The molecular formula is C27H25F6N3O3. The predicted octanol–water partition coefficient (Wildman–Crippen LogP) is 5.97. The molecule has 0 spiro atoms. The first kappa shape index (κ1) is 29.6. The molecule has 0 aliphatic carbocycles. The molecule has 0 radical (unpaired) electrons. The standard InChI is InChI=1S/C27H25F6N3O3/c1-15-7-5-6-8-19(15)20-12-22(35-23(38)14-37)34-13-21(20)36(4)24(39)25(2,3)16-9-17(26(28,29)30)11-18(10-16)27(31,32)33/h5-13,37H,14H2,1-4H3,(H,34,35,38). The monoisotopic (exact) mass is 553 g/mol. The van der Waals surface area contributed by atoms with Gasteiger partial charge in [0.2, 0.25) is 5.91 Å². The van der Waals surface area contributed by atoms with Crippen LogP contribution in [0.15, 0.2) is 54.7 Å². The van der Waals surface area contributed by atoms with Crippen molar-refractivity contribution in [1.29, 1.82) is 0 Å². The lowest BCUT2D eigenvalue weighted by atomic mass is 9.81. The Morgan fingerprint density at radius 1 is 0.897 bits per heavy atom. The Morgan fingerprint density at radius 3 is 1.95 bits per heavy atom. The molecule has 1 heterocycles. The van der Waals surface area contributed by atoms with Crippen LogP contribution in [0.1, 0.15) is 36.1 Å². The summed E-state index contributed by atoms with van der Waals surface area (Å²) in [6, 6.07) is 9.56. The molecule has 2 aromatic carbocycles. The second-order valence-corrected chi connectivity index (χ2v) is 9.39. The lowest BCUT2D eigenvalue weighted by Crippen LogP contribution is -2.42. The molecule has 39 heavy (non-hydrogen) atoms. The average molecular weight is 554 g/mol. The first-order chi connectivity index (χ1) is 18.0. The minimum atomic E-state index is -5.07. The number of alkyl halides is 6. The van der Waals surface area contributed by atoms with E-state index in [4.69, 9.17) is 5.11 Å². The Morgan fingerprint density at radius 2 is 1.44 bits per heavy atom. The van der Waals surface area contributed by atoms with Crippen LogP contribution >= 0.6 is 0 Å². The molecule has 0 atom stereocenters.